The van der Waals surface area contributed by atoms with Crippen molar-refractivity contribution in [2.75, 3.05) is 12.3 Å². The fourth-order valence-electron chi connectivity index (χ4n) is 1.66. The van der Waals surface area contributed by atoms with Crippen molar-refractivity contribution in [2.24, 2.45) is 0 Å². The van der Waals surface area contributed by atoms with E-state index in [0.29, 0.717) is 6.54 Å². The zero-order chi connectivity index (χ0) is 13.7. The molecule has 0 aliphatic rings. The van der Waals surface area contributed by atoms with Crippen LogP contribution >= 0.6 is 0 Å². The largest absolute Gasteiger partial charge is 0.396 e. The van der Waals surface area contributed by atoms with Crippen molar-refractivity contribution in [3.63, 3.8) is 0 Å². The summed E-state index contributed by atoms with van der Waals surface area (Å²) in [7, 11) is 0. The van der Waals surface area contributed by atoms with Crippen LogP contribution in [0.1, 0.15) is 22.6 Å². The first-order valence-electron chi connectivity index (χ1n) is 5.98. The van der Waals surface area contributed by atoms with Crippen LogP contribution in [0.15, 0.2) is 30.6 Å². The highest BCUT2D eigenvalue weighted by Gasteiger charge is 2.07. The van der Waals surface area contributed by atoms with Crippen LogP contribution in [-0.4, -0.2) is 22.4 Å². The fraction of sp³-hybridized carbons (Fsp3) is 0.231. The molecule has 4 N–H and O–H groups in total. The van der Waals surface area contributed by atoms with Gasteiger partial charge in [0.2, 0.25) is 0 Å². The van der Waals surface area contributed by atoms with Gasteiger partial charge in [0.25, 0.3) is 5.91 Å². The van der Waals surface area contributed by atoms with Crippen LogP contribution in [0, 0.1) is 5.82 Å². The molecule has 0 saturated heterocycles. The summed E-state index contributed by atoms with van der Waals surface area (Å²) in [5, 5.41) is 2.72. The van der Waals surface area contributed by atoms with E-state index in [1.54, 1.807) is 12.4 Å². The number of H-pyrrole nitrogens is 1. The second kappa shape index (κ2) is 5.99. The molecule has 5 nitrogen and oxygen atoms in total. The molecule has 100 valence electrons. The lowest BCUT2D eigenvalue weighted by atomic mass is 10.2. The van der Waals surface area contributed by atoms with Gasteiger partial charge in [-0.05, 0) is 24.6 Å². The van der Waals surface area contributed by atoms with Crippen molar-refractivity contribution < 1.29 is 9.18 Å². The van der Waals surface area contributed by atoms with Gasteiger partial charge in [-0.2, -0.15) is 0 Å². The molecule has 0 atom stereocenters. The number of hydrogen-bond acceptors (Lipinski definition) is 3. The van der Waals surface area contributed by atoms with Crippen molar-refractivity contribution >= 4 is 11.6 Å². The monoisotopic (exact) mass is 262 g/mol. The lowest BCUT2D eigenvalue weighted by Gasteiger charge is -2.05. The molecular weight excluding hydrogens is 247 g/mol. The average molecular weight is 262 g/mol. The van der Waals surface area contributed by atoms with E-state index >= 15 is 0 Å². The average Bonchev–Trinajstić information content (AvgIpc) is 2.91. The molecule has 0 bridgehead atoms. The van der Waals surface area contributed by atoms with E-state index in [2.05, 4.69) is 15.3 Å². The zero-order valence-electron chi connectivity index (χ0n) is 10.3. The standard InChI is InChI=1S/C13H15FN4O/c14-10-8-9(3-4-11(10)15)13(19)18-5-1-2-12-16-6-7-17-12/h3-4,6-8H,1-2,5,15H2,(H,16,17)(H,18,19). The van der Waals surface area contributed by atoms with Gasteiger partial charge in [0.05, 0.1) is 5.69 Å². The number of halogens is 1. The minimum atomic E-state index is -0.580. The number of aryl methyl sites for hydroxylation is 1. The van der Waals surface area contributed by atoms with Crippen molar-refractivity contribution in [1.29, 1.82) is 0 Å². The normalized spacial score (nSPS) is 10.4. The van der Waals surface area contributed by atoms with Crippen LogP contribution in [0.3, 0.4) is 0 Å². The first-order chi connectivity index (χ1) is 9.16. The second-order valence-corrected chi connectivity index (χ2v) is 4.13. The number of nitrogen functional groups attached to an aromatic ring is 1. The van der Waals surface area contributed by atoms with Crippen molar-refractivity contribution in [2.45, 2.75) is 12.8 Å². The number of aromatic amines is 1. The number of anilines is 1. The van der Waals surface area contributed by atoms with Gasteiger partial charge >= 0.3 is 0 Å². The number of rotatable bonds is 5. The molecule has 0 spiro atoms. The third-order valence-corrected chi connectivity index (χ3v) is 2.69. The van der Waals surface area contributed by atoms with Crippen LogP contribution in [0.5, 0.6) is 0 Å². The molecule has 1 aromatic heterocycles. The summed E-state index contributed by atoms with van der Waals surface area (Å²) >= 11 is 0. The number of nitrogens with one attached hydrogen (secondary N) is 2. The first kappa shape index (κ1) is 13.1. The van der Waals surface area contributed by atoms with E-state index in [9.17, 15) is 9.18 Å². The Labute approximate surface area is 110 Å². The Morgan fingerprint density at radius 1 is 1.47 bits per heavy atom. The van der Waals surface area contributed by atoms with Gasteiger partial charge in [-0.3, -0.25) is 4.79 Å². The smallest absolute Gasteiger partial charge is 0.251 e. The Hall–Kier alpha value is -2.37. The number of carbonyl (C=O) groups excluding carboxylic acids is 1. The Bertz CT molecular complexity index is 554. The molecule has 0 aliphatic heterocycles. The highest BCUT2D eigenvalue weighted by molar-refractivity contribution is 5.94. The molecule has 1 aromatic carbocycles. The maximum absolute atomic E-state index is 13.2. The quantitative estimate of drug-likeness (QED) is 0.564. The minimum absolute atomic E-state index is 0.0365. The Balaban J connectivity index is 1.79. The summed E-state index contributed by atoms with van der Waals surface area (Å²) in [6, 6.07) is 4.02. The van der Waals surface area contributed by atoms with E-state index in [1.807, 2.05) is 0 Å². The van der Waals surface area contributed by atoms with Crippen LogP contribution in [0.25, 0.3) is 0 Å². The van der Waals surface area contributed by atoms with E-state index < -0.39 is 5.82 Å². The topological polar surface area (TPSA) is 83.8 Å². The summed E-state index contributed by atoms with van der Waals surface area (Å²) in [5.74, 6) is -0.00522. The van der Waals surface area contributed by atoms with Gasteiger partial charge in [-0.15, -0.1) is 0 Å². The molecule has 19 heavy (non-hydrogen) atoms. The number of hydrogen-bond donors (Lipinski definition) is 3. The Kier molecular flexibility index (Phi) is 4.12. The number of imidazole rings is 1. The lowest BCUT2D eigenvalue weighted by molar-refractivity contribution is 0.0952. The van der Waals surface area contributed by atoms with Crippen molar-refractivity contribution in [1.82, 2.24) is 15.3 Å². The van der Waals surface area contributed by atoms with E-state index in [1.165, 1.54) is 12.1 Å². The van der Waals surface area contributed by atoms with E-state index in [-0.39, 0.29) is 17.2 Å². The molecular formula is C13H15FN4O. The van der Waals surface area contributed by atoms with Gasteiger partial charge in [-0.1, -0.05) is 0 Å². The van der Waals surface area contributed by atoms with Crippen molar-refractivity contribution in [3.05, 3.63) is 47.8 Å². The van der Waals surface area contributed by atoms with Crippen LogP contribution < -0.4 is 11.1 Å². The molecule has 0 radical (unpaired) electrons. The predicted molar refractivity (Wildman–Crippen MR) is 70.1 cm³/mol. The molecule has 6 heteroatoms. The number of carbonyl (C=O) groups is 1. The third-order valence-electron chi connectivity index (χ3n) is 2.69. The lowest BCUT2D eigenvalue weighted by Crippen LogP contribution is -2.25. The molecule has 0 unspecified atom stereocenters. The fourth-order valence-corrected chi connectivity index (χ4v) is 1.66. The summed E-state index contributed by atoms with van der Waals surface area (Å²) in [4.78, 5) is 18.8. The Morgan fingerprint density at radius 2 is 2.32 bits per heavy atom. The maximum atomic E-state index is 13.2. The summed E-state index contributed by atoms with van der Waals surface area (Å²) < 4.78 is 13.2. The van der Waals surface area contributed by atoms with E-state index in [4.69, 9.17) is 5.73 Å². The van der Waals surface area contributed by atoms with Gasteiger partial charge < -0.3 is 16.0 Å². The zero-order valence-corrected chi connectivity index (χ0v) is 10.3. The highest BCUT2D eigenvalue weighted by Crippen LogP contribution is 2.11. The van der Waals surface area contributed by atoms with Crippen LogP contribution in [-0.2, 0) is 6.42 Å². The number of amides is 1. The van der Waals surface area contributed by atoms with E-state index in [0.717, 1.165) is 24.7 Å². The van der Waals surface area contributed by atoms with Gasteiger partial charge in [0, 0.05) is 30.9 Å². The highest BCUT2D eigenvalue weighted by atomic mass is 19.1. The molecule has 1 heterocycles. The number of benzene rings is 1. The second-order valence-electron chi connectivity index (χ2n) is 4.13. The summed E-state index contributed by atoms with van der Waals surface area (Å²) in [5.41, 5.74) is 5.65. The molecule has 2 rings (SSSR count). The Morgan fingerprint density at radius 3 is 3.00 bits per heavy atom. The molecule has 2 aromatic rings. The SMILES string of the molecule is Nc1ccc(C(=O)NCCCc2ncc[nH]2)cc1F. The third kappa shape index (κ3) is 3.54. The molecule has 0 fully saturated rings. The maximum Gasteiger partial charge on any atom is 0.251 e. The predicted octanol–water partition coefficient (Wildman–Crippen LogP) is 1.49. The van der Waals surface area contributed by atoms with Crippen molar-refractivity contribution in [3.8, 4) is 0 Å². The summed E-state index contributed by atoms with van der Waals surface area (Å²) in [6.07, 6.45) is 4.95. The molecule has 0 saturated carbocycles. The number of nitrogens with two attached hydrogens (primary N) is 1. The number of aromatic nitrogens is 2. The van der Waals surface area contributed by atoms with Gasteiger partial charge in [-0.25, -0.2) is 9.37 Å². The molecule has 0 aliphatic carbocycles. The first-order valence-corrected chi connectivity index (χ1v) is 5.98. The summed E-state index contributed by atoms with van der Waals surface area (Å²) in [6.45, 7) is 0.505. The van der Waals surface area contributed by atoms with Crippen LogP contribution in [0.2, 0.25) is 0 Å². The molecule has 1 amide bonds. The van der Waals surface area contributed by atoms with Gasteiger partial charge in [0.1, 0.15) is 11.6 Å². The minimum Gasteiger partial charge on any atom is -0.396 e. The van der Waals surface area contributed by atoms with Gasteiger partial charge in [0.15, 0.2) is 0 Å². The number of nitrogens with zero attached hydrogens (tertiary/aromatic N) is 1. The van der Waals surface area contributed by atoms with Crippen LogP contribution in [0.4, 0.5) is 10.1 Å².